The minimum Gasteiger partial charge on any atom is -0.166 e. The topological polar surface area (TPSA) is 0 Å². The third-order valence-corrected chi connectivity index (χ3v) is 2.79. The molecule has 0 spiro atoms. The van der Waals surface area contributed by atoms with Gasteiger partial charge in [-0.3, -0.25) is 0 Å². The normalized spacial score (nSPS) is 11.5. The van der Waals surface area contributed by atoms with Crippen molar-refractivity contribution in [2.24, 2.45) is 0 Å². The number of hydrogen-bond donors (Lipinski definition) is 0. The van der Waals surface area contributed by atoms with Crippen LogP contribution in [0.1, 0.15) is 16.7 Å². The predicted octanol–water partition coefficient (Wildman–Crippen LogP) is 4.42. The molecule has 0 aliphatic carbocycles. The summed E-state index contributed by atoms with van der Waals surface area (Å²) in [6.45, 7) is 5.13. The van der Waals surface area contributed by atoms with Crippen molar-refractivity contribution in [3.05, 3.63) is 41.5 Å². The van der Waals surface area contributed by atoms with Gasteiger partial charge in [-0.05, 0) is 29.7 Å². The van der Waals surface area contributed by atoms with Gasteiger partial charge in [-0.2, -0.15) is 13.2 Å². The fourth-order valence-corrected chi connectivity index (χ4v) is 1.55. The van der Waals surface area contributed by atoms with Crippen molar-refractivity contribution in [3.63, 3.8) is 0 Å². The summed E-state index contributed by atoms with van der Waals surface area (Å²) in [6.07, 6.45) is -4.30. The molecule has 15 heavy (non-hydrogen) atoms. The summed E-state index contributed by atoms with van der Waals surface area (Å²) < 4.78 is 37.7. The van der Waals surface area contributed by atoms with Gasteiger partial charge in [-0.1, -0.05) is 34.6 Å². The first kappa shape index (κ1) is 12.3. The summed E-state index contributed by atoms with van der Waals surface area (Å²) in [5, 5.41) is 0.466. The average molecular weight is 279 g/mol. The summed E-state index contributed by atoms with van der Waals surface area (Å²) in [5.74, 6) is 0. The molecule has 0 unspecified atom stereocenters. The number of halogens is 4. The monoisotopic (exact) mass is 278 g/mol. The van der Waals surface area contributed by atoms with E-state index in [-0.39, 0.29) is 5.56 Å². The van der Waals surface area contributed by atoms with E-state index in [9.17, 15) is 13.2 Å². The number of rotatable bonds is 2. The molecule has 82 valence electrons. The van der Waals surface area contributed by atoms with Gasteiger partial charge in [-0.25, -0.2) is 0 Å². The third kappa shape index (κ3) is 2.84. The Kier molecular flexibility index (Phi) is 3.60. The predicted molar refractivity (Wildman–Crippen MR) is 59.0 cm³/mol. The Morgan fingerprint density at radius 3 is 2.47 bits per heavy atom. The molecular formula is C11H10BrF3. The Bertz CT molecular complexity index is 380. The van der Waals surface area contributed by atoms with Crippen LogP contribution in [0.2, 0.25) is 0 Å². The number of aryl methyl sites for hydroxylation is 1. The van der Waals surface area contributed by atoms with Crippen molar-refractivity contribution in [1.82, 2.24) is 0 Å². The standard InChI is InChI=1S/C11H10BrF3/c1-7-3-4-9(8(2)6-12)5-10(7)11(13,14)15/h3-5H,2,6H2,1H3. The first-order chi connectivity index (χ1) is 6.86. The van der Waals surface area contributed by atoms with E-state index in [0.717, 1.165) is 6.07 Å². The average Bonchev–Trinajstić information content (AvgIpc) is 2.15. The SMILES string of the molecule is C=C(CBr)c1ccc(C)c(C(F)(F)F)c1. The van der Waals surface area contributed by atoms with E-state index in [0.29, 0.717) is 16.5 Å². The largest absolute Gasteiger partial charge is 0.416 e. The van der Waals surface area contributed by atoms with Gasteiger partial charge in [0.2, 0.25) is 0 Å². The van der Waals surface area contributed by atoms with Gasteiger partial charge in [-0.15, -0.1) is 0 Å². The summed E-state index contributed by atoms with van der Waals surface area (Å²) in [4.78, 5) is 0. The van der Waals surface area contributed by atoms with E-state index in [1.54, 1.807) is 6.07 Å². The molecule has 0 saturated carbocycles. The Labute approximate surface area is 94.9 Å². The fraction of sp³-hybridized carbons (Fsp3) is 0.273. The van der Waals surface area contributed by atoms with Gasteiger partial charge < -0.3 is 0 Å². The van der Waals surface area contributed by atoms with Gasteiger partial charge >= 0.3 is 6.18 Å². The zero-order valence-electron chi connectivity index (χ0n) is 8.16. The molecule has 0 radical (unpaired) electrons. The lowest BCUT2D eigenvalue weighted by atomic mass is 10.0. The van der Waals surface area contributed by atoms with Crippen LogP contribution < -0.4 is 0 Å². The van der Waals surface area contributed by atoms with E-state index in [1.165, 1.54) is 13.0 Å². The minimum absolute atomic E-state index is 0.230. The Hall–Kier alpha value is -0.770. The molecule has 0 bridgehead atoms. The maximum Gasteiger partial charge on any atom is 0.416 e. The highest BCUT2D eigenvalue weighted by Gasteiger charge is 2.32. The molecule has 1 aromatic carbocycles. The molecule has 0 heterocycles. The van der Waals surface area contributed by atoms with Gasteiger partial charge in [0.25, 0.3) is 0 Å². The summed E-state index contributed by atoms with van der Waals surface area (Å²) in [5.41, 5.74) is 0.793. The number of alkyl halides is 4. The van der Waals surface area contributed by atoms with Gasteiger partial charge in [0.1, 0.15) is 0 Å². The van der Waals surface area contributed by atoms with E-state index in [1.807, 2.05) is 0 Å². The molecule has 0 aliphatic heterocycles. The second kappa shape index (κ2) is 4.39. The van der Waals surface area contributed by atoms with Crippen LogP contribution in [0.15, 0.2) is 24.8 Å². The third-order valence-electron chi connectivity index (χ3n) is 2.11. The molecule has 0 N–H and O–H groups in total. The first-order valence-corrected chi connectivity index (χ1v) is 5.40. The zero-order chi connectivity index (χ0) is 11.6. The molecule has 0 amide bonds. The van der Waals surface area contributed by atoms with Crippen LogP contribution >= 0.6 is 15.9 Å². The lowest BCUT2D eigenvalue weighted by molar-refractivity contribution is -0.138. The maximum atomic E-state index is 12.6. The lowest BCUT2D eigenvalue weighted by Gasteiger charge is -2.12. The van der Waals surface area contributed by atoms with Crippen LogP contribution in [0.25, 0.3) is 5.57 Å². The molecule has 0 aromatic heterocycles. The molecule has 0 fully saturated rings. The summed E-state index contributed by atoms with van der Waals surface area (Å²) >= 11 is 3.16. The van der Waals surface area contributed by atoms with Crippen molar-refractivity contribution in [2.75, 3.05) is 5.33 Å². The molecule has 0 nitrogen and oxygen atoms in total. The second-order valence-corrected chi connectivity index (χ2v) is 3.83. The zero-order valence-corrected chi connectivity index (χ0v) is 9.74. The summed E-state index contributed by atoms with van der Waals surface area (Å²) in [6, 6.07) is 4.25. The van der Waals surface area contributed by atoms with Crippen LogP contribution in [-0.4, -0.2) is 5.33 Å². The van der Waals surface area contributed by atoms with E-state index in [2.05, 4.69) is 22.5 Å². The number of benzene rings is 1. The molecule has 4 heteroatoms. The van der Waals surface area contributed by atoms with E-state index in [4.69, 9.17) is 0 Å². The molecule has 1 rings (SSSR count). The van der Waals surface area contributed by atoms with Crippen molar-refractivity contribution in [3.8, 4) is 0 Å². The van der Waals surface area contributed by atoms with Crippen molar-refractivity contribution >= 4 is 21.5 Å². The molecule has 0 saturated heterocycles. The molecular weight excluding hydrogens is 269 g/mol. The van der Waals surface area contributed by atoms with Crippen molar-refractivity contribution in [2.45, 2.75) is 13.1 Å². The summed E-state index contributed by atoms with van der Waals surface area (Å²) in [7, 11) is 0. The smallest absolute Gasteiger partial charge is 0.166 e. The molecule has 1 aromatic rings. The molecule has 0 atom stereocenters. The van der Waals surface area contributed by atoms with Gasteiger partial charge in [0.05, 0.1) is 5.56 Å². The highest BCUT2D eigenvalue weighted by Crippen LogP contribution is 2.33. The van der Waals surface area contributed by atoms with Crippen molar-refractivity contribution < 1.29 is 13.2 Å². The number of allylic oxidation sites excluding steroid dienone is 1. The Morgan fingerprint density at radius 2 is 2.00 bits per heavy atom. The maximum absolute atomic E-state index is 12.6. The highest BCUT2D eigenvalue weighted by atomic mass is 79.9. The minimum atomic E-state index is -4.30. The van der Waals surface area contributed by atoms with Crippen LogP contribution in [0, 0.1) is 6.92 Å². The fourth-order valence-electron chi connectivity index (χ4n) is 1.22. The highest BCUT2D eigenvalue weighted by molar-refractivity contribution is 9.09. The van der Waals surface area contributed by atoms with Gasteiger partial charge in [0.15, 0.2) is 0 Å². The van der Waals surface area contributed by atoms with Crippen LogP contribution in [-0.2, 0) is 6.18 Å². The Balaban J connectivity index is 3.23. The first-order valence-electron chi connectivity index (χ1n) is 4.28. The molecule has 0 aliphatic rings. The van der Waals surface area contributed by atoms with E-state index >= 15 is 0 Å². The Morgan fingerprint density at radius 1 is 1.40 bits per heavy atom. The van der Waals surface area contributed by atoms with Crippen LogP contribution in [0.3, 0.4) is 0 Å². The van der Waals surface area contributed by atoms with Crippen LogP contribution in [0.5, 0.6) is 0 Å². The van der Waals surface area contributed by atoms with E-state index < -0.39 is 11.7 Å². The van der Waals surface area contributed by atoms with Gasteiger partial charge in [0, 0.05) is 5.33 Å². The van der Waals surface area contributed by atoms with Crippen LogP contribution in [0.4, 0.5) is 13.2 Å². The lowest BCUT2D eigenvalue weighted by Crippen LogP contribution is -2.08. The second-order valence-electron chi connectivity index (χ2n) is 3.26. The quantitative estimate of drug-likeness (QED) is 0.703. The van der Waals surface area contributed by atoms with Crippen molar-refractivity contribution in [1.29, 1.82) is 0 Å². The number of hydrogen-bond acceptors (Lipinski definition) is 0.